The van der Waals surface area contributed by atoms with Crippen LogP contribution < -0.4 is 5.32 Å². The smallest absolute Gasteiger partial charge is 0.221 e. The summed E-state index contributed by atoms with van der Waals surface area (Å²) in [4.78, 5) is 13.2. The molecule has 5 heteroatoms. The Bertz CT molecular complexity index is 165. The first-order valence-corrected chi connectivity index (χ1v) is 5.33. The molecule has 0 aromatic rings. The van der Waals surface area contributed by atoms with E-state index in [1.165, 1.54) is 0 Å². The van der Waals surface area contributed by atoms with Gasteiger partial charge >= 0.3 is 0 Å². The Hall–Kier alpha value is -0.650. The van der Waals surface area contributed by atoms with E-state index in [0.717, 1.165) is 6.54 Å². The summed E-state index contributed by atoms with van der Waals surface area (Å²) in [6.45, 7) is 5.29. The molecule has 0 rings (SSSR count). The lowest BCUT2D eigenvalue weighted by molar-refractivity contribution is -0.121. The van der Waals surface area contributed by atoms with Crippen LogP contribution in [0, 0.1) is 0 Å². The van der Waals surface area contributed by atoms with Gasteiger partial charge in [-0.1, -0.05) is 0 Å². The highest BCUT2D eigenvalue weighted by Crippen LogP contribution is 1.91. The molecule has 0 fully saturated rings. The molecule has 0 saturated heterocycles. The highest BCUT2D eigenvalue weighted by atomic mass is 16.5. The van der Waals surface area contributed by atoms with Crippen molar-refractivity contribution < 1.29 is 14.6 Å². The van der Waals surface area contributed by atoms with Gasteiger partial charge in [-0.05, 0) is 6.92 Å². The minimum atomic E-state index is 0.0536. The van der Waals surface area contributed by atoms with Crippen LogP contribution in [0.3, 0.4) is 0 Å². The van der Waals surface area contributed by atoms with Crippen LogP contribution in [0.5, 0.6) is 0 Å². The standard InChI is InChI=1S/C10H22N2O3/c1-3-11-10(14)4-5-12(6-8-13)7-9-15-2/h13H,3-9H2,1-2H3,(H,11,14). The van der Waals surface area contributed by atoms with Crippen molar-refractivity contribution in [1.29, 1.82) is 0 Å². The third-order valence-corrected chi connectivity index (χ3v) is 2.06. The minimum absolute atomic E-state index is 0.0536. The largest absolute Gasteiger partial charge is 0.395 e. The van der Waals surface area contributed by atoms with Crippen molar-refractivity contribution in [3.63, 3.8) is 0 Å². The fraction of sp³-hybridized carbons (Fsp3) is 0.900. The van der Waals surface area contributed by atoms with Gasteiger partial charge in [0.05, 0.1) is 13.2 Å². The van der Waals surface area contributed by atoms with Gasteiger partial charge in [-0.15, -0.1) is 0 Å². The van der Waals surface area contributed by atoms with Gasteiger partial charge in [0.2, 0.25) is 5.91 Å². The second-order valence-corrected chi connectivity index (χ2v) is 3.26. The lowest BCUT2D eigenvalue weighted by Crippen LogP contribution is -2.34. The van der Waals surface area contributed by atoms with Crippen LogP contribution in [0.25, 0.3) is 0 Å². The molecule has 1 amide bonds. The van der Waals surface area contributed by atoms with Crippen LogP contribution >= 0.6 is 0 Å². The summed E-state index contributed by atoms with van der Waals surface area (Å²) in [5.74, 6) is 0.0536. The molecule has 0 aliphatic heterocycles. The number of rotatable bonds is 9. The molecule has 90 valence electrons. The number of carbonyl (C=O) groups is 1. The highest BCUT2D eigenvalue weighted by Gasteiger charge is 2.06. The molecule has 0 saturated carbocycles. The number of nitrogens with zero attached hydrogens (tertiary/aromatic N) is 1. The summed E-state index contributed by atoms with van der Waals surface area (Å²) >= 11 is 0. The maximum atomic E-state index is 11.2. The normalized spacial score (nSPS) is 10.7. The second-order valence-electron chi connectivity index (χ2n) is 3.26. The number of hydrogen-bond acceptors (Lipinski definition) is 4. The number of amides is 1. The van der Waals surface area contributed by atoms with E-state index < -0.39 is 0 Å². The molecule has 0 aliphatic rings. The number of hydrogen-bond donors (Lipinski definition) is 2. The quantitative estimate of drug-likeness (QED) is 0.545. The molecule has 0 aliphatic carbocycles. The molecule has 2 N–H and O–H groups in total. The first kappa shape index (κ1) is 14.3. The molecule has 0 spiro atoms. The van der Waals surface area contributed by atoms with Crippen LogP contribution in [-0.4, -0.2) is 62.4 Å². The van der Waals surface area contributed by atoms with Crippen LogP contribution in [0.4, 0.5) is 0 Å². The van der Waals surface area contributed by atoms with Crippen molar-refractivity contribution in [3.8, 4) is 0 Å². The van der Waals surface area contributed by atoms with Gasteiger partial charge in [0.25, 0.3) is 0 Å². The number of carbonyl (C=O) groups excluding carboxylic acids is 1. The van der Waals surface area contributed by atoms with E-state index in [-0.39, 0.29) is 12.5 Å². The summed E-state index contributed by atoms with van der Waals surface area (Å²) in [5, 5.41) is 11.6. The molecule has 15 heavy (non-hydrogen) atoms. The third-order valence-electron chi connectivity index (χ3n) is 2.06. The van der Waals surface area contributed by atoms with Crippen molar-refractivity contribution in [2.45, 2.75) is 13.3 Å². The molecule has 0 aromatic carbocycles. The zero-order valence-electron chi connectivity index (χ0n) is 9.66. The number of methoxy groups -OCH3 is 1. The van der Waals surface area contributed by atoms with E-state index in [2.05, 4.69) is 5.32 Å². The second kappa shape index (κ2) is 9.89. The van der Waals surface area contributed by atoms with Gasteiger partial charge < -0.3 is 15.2 Å². The minimum Gasteiger partial charge on any atom is -0.395 e. The fourth-order valence-electron chi connectivity index (χ4n) is 1.24. The number of aliphatic hydroxyl groups excluding tert-OH is 1. The van der Waals surface area contributed by atoms with E-state index >= 15 is 0 Å². The summed E-state index contributed by atoms with van der Waals surface area (Å²) in [5.41, 5.74) is 0. The molecule has 0 bridgehead atoms. The summed E-state index contributed by atoms with van der Waals surface area (Å²) in [6, 6.07) is 0. The SMILES string of the molecule is CCNC(=O)CCN(CCO)CCOC. The fourth-order valence-corrected chi connectivity index (χ4v) is 1.24. The molecule has 5 nitrogen and oxygen atoms in total. The van der Waals surface area contributed by atoms with Crippen molar-refractivity contribution in [1.82, 2.24) is 10.2 Å². The monoisotopic (exact) mass is 218 g/mol. The summed E-state index contributed by atoms with van der Waals surface area (Å²) < 4.78 is 4.95. The predicted octanol–water partition coefficient (Wildman–Crippen LogP) is -0.547. The van der Waals surface area contributed by atoms with Gasteiger partial charge in [0.1, 0.15) is 0 Å². The zero-order valence-corrected chi connectivity index (χ0v) is 9.66. The summed E-state index contributed by atoms with van der Waals surface area (Å²) in [7, 11) is 1.64. The van der Waals surface area contributed by atoms with E-state index in [1.54, 1.807) is 7.11 Å². The van der Waals surface area contributed by atoms with E-state index in [1.807, 2.05) is 11.8 Å². The Morgan fingerprint density at radius 3 is 2.67 bits per heavy atom. The Balaban J connectivity index is 3.68. The van der Waals surface area contributed by atoms with Gasteiger partial charge in [-0.3, -0.25) is 9.69 Å². The van der Waals surface area contributed by atoms with Crippen molar-refractivity contribution in [2.75, 3.05) is 46.5 Å². The van der Waals surface area contributed by atoms with Gasteiger partial charge in [0.15, 0.2) is 0 Å². The van der Waals surface area contributed by atoms with Gasteiger partial charge in [-0.2, -0.15) is 0 Å². The van der Waals surface area contributed by atoms with E-state index in [9.17, 15) is 4.79 Å². The Labute approximate surface area is 91.4 Å². The van der Waals surface area contributed by atoms with Crippen molar-refractivity contribution in [3.05, 3.63) is 0 Å². The zero-order chi connectivity index (χ0) is 11.5. The molecule has 0 unspecified atom stereocenters. The Kier molecular flexibility index (Phi) is 9.46. The maximum absolute atomic E-state index is 11.2. The summed E-state index contributed by atoms with van der Waals surface area (Å²) in [6.07, 6.45) is 0.470. The molecular formula is C10H22N2O3. The third kappa shape index (κ3) is 8.35. The average molecular weight is 218 g/mol. The average Bonchev–Trinajstić information content (AvgIpc) is 2.22. The van der Waals surface area contributed by atoms with E-state index in [0.29, 0.717) is 32.7 Å². The van der Waals surface area contributed by atoms with Crippen LogP contribution in [0.1, 0.15) is 13.3 Å². The van der Waals surface area contributed by atoms with Crippen molar-refractivity contribution in [2.24, 2.45) is 0 Å². The Morgan fingerprint density at radius 2 is 2.13 bits per heavy atom. The topological polar surface area (TPSA) is 61.8 Å². The number of aliphatic hydroxyl groups is 1. The first-order valence-electron chi connectivity index (χ1n) is 5.33. The molecule has 0 atom stereocenters. The van der Waals surface area contributed by atoms with Crippen LogP contribution in [0.2, 0.25) is 0 Å². The van der Waals surface area contributed by atoms with Crippen molar-refractivity contribution >= 4 is 5.91 Å². The molecule has 0 aromatic heterocycles. The van der Waals surface area contributed by atoms with Crippen LogP contribution in [-0.2, 0) is 9.53 Å². The predicted molar refractivity (Wildman–Crippen MR) is 58.7 cm³/mol. The van der Waals surface area contributed by atoms with Gasteiger partial charge in [-0.25, -0.2) is 0 Å². The molecular weight excluding hydrogens is 196 g/mol. The van der Waals surface area contributed by atoms with Crippen LogP contribution in [0.15, 0.2) is 0 Å². The first-order chi connectivity index (χ1) is 7.24. The number of ether oxygens (including phenoxy) is 1. The molecule has 0 radical (unpaired) electrons. The highest BCUT2D eigenvalue weighted by molar-refractivity contribution is 5.75. The Morgan fingerprint density at radius 1 is 1.40 bits per heavy atom. The maximum Gasteiger partial charge on any atom is 0.221 e. The van der Waals surface area contributed by atoms with E-state index in [4.69, 9.17) is 9.84 Å². The lowest BCUT2D eigenvalue weighted by atomic mass is 10.3. The lowest BCUT2D eigenvalue weighted by Gasteiger charge is -2.20. The number of nitrogens with one attached hydrogen (secondary N) is 1. The molecule has 0 heterocycles. The van der Waals surface area contributed by atoms with Gasteiger partial charge in [0, 0.05) is 39.7 Å².